The van der Waals surface area contributed by atoms with Gasteiger partial charge >= 0.3 is 0 Å². The highest BCUT2D eigenvalue weighted by Gasteiger charge is 2.50. The van der Waals surface area contributed by atoms with Crippen LogP contribution in [-0.2, 0) is 25.6 Å². The molecule has 9 nitrogen and oxygen atoms in total. The van der Waals surface area contributed by atoms with Crippen molar-refractivity contribution in [1.82, 2.24) is 15.7 Å². The minimum absolute atomic E-state index is 0.211. The third kappa shape index (κ3) is 7.29. The van der Waals surface area contributed by atoms with Gasteiger partial charge in [0.25, 0.3) is 0 Å². The molecule has 0 unspecified atom stereocenters. The third-order valence-corrected chi connectivity index (χ3v) is 6.97. The van der Waals surface area contributed by atoms with Gasteiger partial charge in [0.2, 0.25) is 23.6 Å². The van der Waals surface area contributed by atoms with E-state index in [0.717, 1.165) is 24.2 Å². The summed E-state index contributed by atoms with van der Waals surface area (Å²) < 4.78 is 5.82. The van der Waals surface area contributed by atoms with Crippen molar-refractivity contribution >= 4 is 23.6 Å². The van der Waals surface area contributed by atoms with Crippen LogP contribution < -0.4 is 15.5 Å². The van der Waals surface area contributed by atoms with Crippen LogP contribution in [0.5, 0.6) is 5.75 Å². The molecule has 3 aliphatic rings. The number of carbonyl (C=O) groups excluding carboxylic acids is 4. The van der Waals surface area contributed by atoms with Gasteiger partial charge in [0.1, 0.15) is 11.8 Å². The van der Waals surface area contributed by atoms with Crippen molar-refractivity contribution in [1.29, 1.82) is 0 Å². The number of carbonyl (C=O) groups is 4. The number of hydrogen-bond acceptors (Lipinski definition) is 6. The number of ether oxygens (including phenoxy) is 1. The number of benzene rings is 1. The van der Waals surface area contributed by atoms with E-state index >= 15 is 0 Å². The SMILES string of the molecule is CC(C)C[C@H]1C(=O)N2C(=O)[C@@H]1CCCCOc1ccc(cc1)C[C@@H]2C(=O)NCCCCCC(=O)NO. The zero-order valence-electron chi connectivity index (χ0n) is 21.3. The van der Waals surface area contributed by atoms with Crippen LogP contribution in [-0.4, -0.2) is 52.9 Å². The molecule has 0 spiro atoms. The Morgan fingerprint density at radius 1 is 1.08 bits per heavy atom. The molecule has 3 heterocycles. The molecule has 0 radical (unpaired) electrons. The van der Waals surface area contributed by atoms with Crippen molar-refractivity contribution in [3.8, 4) is 5.75 Å². The van der Waals surface area contributed by atoms with Gasteiger partial charge in [-0.3, -0.25) is 29.3 Å². The van der Waals surface area contributed by atoms with Gasteiger partial charge in [-0.15, -0.1) is 0 Å². The van der Waals surface area contributed by atoms with Crippen molar-refractivity contribution in [3.05, 3.63) is 29.8 Å². The largest absolute Gasteiger partial charge is 0.494 e. The maximum Gasteiger partial charge on any atom is 0.243 e. The summed E-state index contributed by atoms with van der Waals surface area (Å²) in [7, 11) is 0. The lowest BCUT2D eigenvalue weighted by molar-refractivity contribution is -0.148. The van der Waals surface area contributed by atoms with Gasteiger partial charge in [0.15, 0.2) is 0 Å². The van der Waals surface area contributed by atoms with E-state index < -0.39 is 23.8 Å². The van der Waals surface area contributed by atoms with Crippen molar-refractivity contribution < 1.29 is 29.1 Å². The fraction of sp³-hybridized carbons (Fsp3) is 0.630. The average Bonchev–Trinajstić information content (AvgIpc) is 3.07. The first-order valence-electron chi connectivity index (χ1n) is 13.1. The molecule has 1 aromatic rings. The van der Waals surface area contributed by atoms with E-state index in [-0.39, 0.29) is 36.5 Å². The van der Waals surface area contributed by atoms with E-state index in [4.69, 9.17) is 9.94 Å². The first-order valence-corrected chi connectivity index (χ1v) is 13.1. The average molecular weight is 502 g/mol. The van der Waals surface area contributed by atoms with Crippen LogP contribution in [0.15, 0.2) is 24.3 Å². The molecule has 1 fully saturated rings. The summed E-state index contributed by atoms with van der Waals surface area (Å²) in [5.41, 5.74) is 2.45. The number of amides is 4. The van der Waals surface area contributed by atoms with Crippen LogP contribution >= 0.6 is 0 Å². The molecule has 198 valence electrons. The van der Waals surface area contributed by atoms with Gasteiger partial charge in [-0.2, -0.15) is 0 Å². The number of rotatable bonds is 9. The first kappa shape index (κ1) is 27.6. The molecule has 3 atom stereocenters. The van der Waals surface area contributed by atoms with E-state index in [1.807, 2.05) is 38.1 Å². The Hall–Kier alpha value is -2.94. The quantitative estimate of drug-likeness (QED) is 0.207. The van der Waals surface area contributed by atoms with E-state index in [1.165, 1.54) is 4.90 Å². The Morgan fingerprint density at radius 2 is 1.83 bits per heavy atom. The summed E-state index contributed by atoms with van der Waals surface area (Å²) in [5.74, 6) is -1.05. The number of fused-ring (bicyclic) bond motifs is 7. The lowest BCUT2D eigenvalue weighted by Crippen LogP contribution is -2.51. The first-order chi connectivity index (χ1) is 17.3. The molecule has 3 aliphatic heterocycles. The fourth-order valence-electron chi connectivity index (χ4n) is 5.09. The zero-order valence-corrected chi connectivity index (χ0v) is 21.3. The van der Waals surface area contributed by atoms with Crippen LogP contribution in [0.1, 0.15) is 70.8 Å². The molecule has 4 rings (SSSR count). The highest BCUT2D eigenvalue weighted by molar-refractivity contribution is 6.08. The minimum Gasteiger partial charge on any atom is -0.494 e. The molecule has 0 saturated carbocycles. The summed E-state index contributed by atoms with van der Waals surface area (Å²) in [4.78, 5) is 52.9. The molecule has 4 amide bonds. The molecular weight excluding hydrogens is 462 g/mol. The molecule has 4 bridgehead atoms. The molecular formula is C27H39N3O6. The number of nitrogens with zero attached hydrogens (tertiary/aromatic N) is 1. The normalized spacial score (nSPS) is 22.3. The Balaban J connectivity index is 1.78. The monoisotopic (exact) mass is 501 g/mol. The smallest absolute Gasteiger partial charge is 0.243 e. The van der Waals surface area contributed by atoms with Gasteiger partial charge < -0.3 is 10.1 Å². The minimum atomic E-state index is -0.917. The van der Waals surface area contributed by atoms with Crippen LogP contribution in [0.25, 0.3) is 0 Å². The highest BCUT2D eigenvalue weighted by atomic mass is 16.5. The van der Waals surface area contributed by atoms with E-state index in [0.29, 0.717) is 45.3 Å². The number of hydrogen-bond donors (Lipinski definition) is 3. The molecule has 0 aliphatic carbocycles. The lowest BCUT2D eigenvalue weighted by Gasteiger charge is -2.26. The molecule has 1 aromatic carbocycles. The van der Waals surface area contributed by atoms with Crippen LogP contribution in [0.4, 0.5) is 0 Å². The molecule has 1 saturated heterocycles. The highest BCUT2D eigenvalue weighted by Crippen LogP contribution is 2.36. The Labute approximate surface area is 212 Å². The molecule has 9 heteroatoms. The maximum atomic E-state index is 13.6. The number of hydroxylamine groups is 1. The number of nitrogens with one attached hydrogen (secondary N) is 2. The summed E-state index contributed by atoms with van der Waals surface area (Å²) >= 11 is 0. The van der Waals surface area contributed by atoms with Gasteiger partial charge in [-0.25, -0.2) is 5.48 Å². The second-order valence-corrected chi connectivity index (χ2v) is 10.2. The van der Waals surface area contributed by atoms with Crippen molar-refractivity contribution in [3.63, 3.8) is 0 Å². The molecule has 0 aromatic heterocycles. The van der Waals surface area contributed by atoms with Crippen molar-refractivity contribution in [2.75, 3.05) is 13.2 Å². The Kier molecular flexibility index (Phi) is 10.3. The number of imide groups is 1. The second-order valence-electron chi connectivity index (χ2n) is 10.2. The standard InChI is InChI=1S/C27H39N3O6/c1-18(2)16-22-21-8-5-7-15-36-20-12-10-19(11-13-20)17-23(30(26(21)33)27(22)34)25(32)28-14-6-3-4-9-24(31)29-35/h10-13,18,21-23,35H,3-9,14-17H2,1-2H3,(H,28,32)(H,29,31)/t21-,22-,23-/m1/s1. The van der Waals surface area contributed by atoms with E-state index in [9.17, 15) is 19.2 Å². The molecule has 36 heavy (non-hydrogen) atoms. The van der Waals surface area contributed by atoms with Crippen LogP contribution in [0, 0.1) is 17.8 Å². The van der Waals surface area contributed by atoms with Crippen LogP contribution in [0.3, 0.4) is 0 Å². The van der Waals surface area contributed by atoms with Crippen molar-refractivity contribution in [2.45, 2.75) is 77.7 Å². The predicted octanol–water partition coefficient (Wildman–Crippen LogP) is 2.99. The Morgan fingerprint density at radius 3 is 2.53 bits per heavy atom. The van der Waals surface area contributed by atoms with Crippen LogP contribution in [0.2, 0.25) is 0 Å². The van der Waals surface area contributed by atoms with Crippen molar-refractivity contribution in [2.24, 2.45) is 17.8 Å². The number of unbranched alkanes of at least 4 members (excludes halogenated alkanes) is 2. The van der Waals surface area contributed by atoms with Gasteiger partial charge in [0, 0.05) is 19.4 Å². The van der Waals surface area contributed by atoms with Gasteiger partial charge in [-0.1, -0.05) is 32.4 Å². The van der Waals surface area contributed by atoms with Gasteiger partial charge in [0.05, 0.1) is 18.4 Å². The topological polar surface area (TPSA) is 125 Å². The fourth-order valence-corrected chi connectivity index (χ4v) is 5.09. The molecule has 3 N–H and O–H groups in total. The zero-order chi connectivity index (χ0) is 26.1. The summed E-state index contributed by atoms with van der Waals surface area (Å²) in [5, 5.41) is 11.5. The van der Waals surface area contributed by atoms with Gasteiger partial charge in [-0.05, 0) is 62.1 Å². The Bertz CT molecular complexity index is 917. The third-order valence-electron chi connectivity index (χ3n) is 6.97. The summed E-state index contributed by atoms with van der Waals surface area (Å²) in [6, 6.07) is 6.55. The van der Waals surface area contributed by atoms with E-state index in [1.54, 1.807) is 5.48 Å². The van der Waals surface area contributed by atoms with E-state index in [2.05, 4.69) is 5.32 Å². The summed E-state index contributed by atoms with van der Waals surface area (Å²) in [6.45, 7) is 5.02. The predicted molar refractivity (Wildman–Crippen MR) is 133 cm³/mol. The maximum absolute atomic E-state index is 13.6. The lowest BCUT2D eigenvalue weighted by atomic mass is 9.84. The second kappa shape index (κ2) is 13.4. The summed E-state index contributed by atoms with van der Waals surface area (Å²) in [6.07, 6.45) is 5.16.